The quantitative estimate of drug-likeness (QED) is 0.856. The van der Waals surface area contributed by atoms with E-state index in [0.717, 1.165) is 11.0 Å². The number of carbonyl (C=O) groups excluding carboxylic acids is 2. The summed E-state index contributed by atoms with van der Waals surface area (Å²) in [7, 11) is 1.57. The Balaban J connectivity index is 2.54. The normalized spacial score (nSPS) is 10.1. The Hall–Kier alpha value is -1.30. The Morgan fingerprint density at radius 1 is 1.47 bits per heavy atom. The smallest absolute Gasteiger partial charge is 0.267 e. The van der Waals surface area contributed by atoms with Crippen LogP contribution in [-0.2, 0) is 11.3 Å². The van der Waals surface area contributed by atoms with Crippen molar-refractivity contribution in [2.75, 3.05) is 13.6 Å². The summed E-state index contributed by atoms with van der Waals surface area (Å²) in [6, 6.07) is 1.76. The minimum Gasteiger partial charge on any atom is -0.359 e. The zero-order valence-corrected chi connectivity index (χ0v) is 11.5. The molecule has 6 heteroatoms. The lowest BCUT2D eigenvalue weighted by Gasteiger charge is -2.07. The highest BCUT2D eigenvalue weighted by atomic mass is 79.9. The first-order chi connectivity index (χ1) is 8.08. The second-order valence-electron chi connectivity index (χ2n) is 3.51. The molecule has 0 bridgehead atoms. The molecule has 1 aromatic heterocycles. The molecule has 17 heavy (non-hydrogen) atoms. The zero-order chi connectivity index (χ0) is 12.8. The maximum atomic E-state index is 11.8. The number of nitrogens with one attached hydrogen (secondary N) is 2. The standard InChI is InChI=1S/C11H16BrN3O2/c1-3-15-7-8(12)6-9(15)11(17)14-5-4-10(16)13-2/h6-7H,3-5H2,1-2H3,(H,13,16)(H,14,17). The Kier molecular flexibility index (Phi) is 5.21. The molecule has 5 nitrogen and oxygen atoms in total. The molecule has 0 aromatic carbocycles. The van der Waals surface area contributed by atoms with E-state index in [1.807, 2.05) is 17.7 Å². The van der Waals surface area contributed by atoms with Crippen molar-refractivity contribution < 1.29 is 9.59 Å². The molecule has 2 N–H and O–H groups in total. The Morgan fingerprint density at radius 3 is 2.76 bits per heavy atom. The monoisotopic (exact) mass is 301 g/mol. The highest BCUT2D eigenvalue weighted by Crippen LogP contribution is 2.14. The van der Waals surface area contributed by atoms with E-state index in [0.29, 0.717) is 12.2 Å². The number of hydrogen-bond acceptors (Lipinski definition) is 2. The van der Waals surface area contributed by atoms with E-state index in [1.54, 1.807) is 13.1 Å². The average molecular weight is 302 g/mol. The first kappa shape index (κ1) is 13.8. The van der Waals surface area contributed by atoms with Crippen molar-refractivity contribution in [1.29, 1.82) is 0 Å². The van der Waals surface area contributed by atoms with E-state index in [1.165, 1.54) is 0 Å². The van der Waals surface area contributed by atoms with E-state index in [-0.39, 0.29) is 18.2 Å². The van der Waals surface area contributed by atoms with E-state index < -0.39 is 0 Å². The van der Waals surface area contributed by atoms with Crippen LogP contribution in [0.15, 0.2) is 16.7 Å². The molecular weight excluding hydrogens is 286 g/mol. The fraction of sp³-hybridized carbons (Fsp3) is 0.455. The van der Waals surface area contributed by atoms with Gasteiger partial charge in [0.2, 0.25) is 5.91 Å². The van der Waals surface area contributed by atoms with Gasteiger partial charge in [-0.3, -0.25) is 9.59 Å². The molecule has 0 atom stereocenters. The molecule has 1 aromatic rings. The molecule has 1 rings (SSSR count). The Morgan fingerprint density at radius 2 is 2.18 bits per heavy atom. The molecule has 2 amide bonds. The summed E-state index contributed by atoms with van der Waals surface area (Å²) in [5, 5.41) is 5.21. The van der Waals surface area contributed by atoms with E-state index >= 15 is 0 Å². The number of halogens is 1. The van der Waals surface area contributed by atoms with Crippen LogP contribution >= 0.6 is 15.9 Å². The van der Waals surface area contributed by atoms with Crippen LogP contribution in [0.1, 0.15) is 23.8 Å². The van der Waals surface area contributed by atoms with Crippen molar-refractivity contribution in [3.8, 4) is 0 Å². The average Bonchev–Trinajstić information content (AvgIpc) is 2.70. The van der Waals surface area contributed by atoms with Crippen LogP contribution in [0, 0.1) is 0 Å². The van der Waals surface area contributed by atoms with Gasteiger partial charge in [-0.25, -0.2) is 0 Å². The molecule has 0 aliphatic heterocycles. The van der Waals surface area contributed by atoms with Gasteiger partial charge in [-0.2, -0.15) is 0 Å². The van der Waals surface area contributed by atoms with Crippen molar-refractivity contribution in [1.82, 2.24) is 15.2 Å². The molecule has 0 unspecified atom stereocenters. The van der Waals surface area contributed by atoms with Gasteiger partial charge < -0.3 is 15.2 Å². The van der Waals surface area contributed by atoms with Crippen molar-refractivity contribution in [3.05, 3.63) is 22.4 Å². The predicted molar refractivity (Wildman–Crippen MR) is 68.8 cm³/mol. The van der Waals surface area contributed by atoms with Gasteiger partial charge in [-0.05, 0) is 28.9 Å². The molecule has 0 saturated heterocycles. The lowest BCUT2D eigenvalue weighted by molar-refractivity contribution is -0.120. The molecule has 0 radical (unpaired) electrons. The molecule has 0 spiro atoms. The van der Waals surface area contributed by atoms with Gasteiger partial charge >= 0.3 is 0 Å². The van der Waals surface area contributed by atoms with Crippen LogP contribution in [0.5, 0.6) is 0 Å². The highest BCUT2D eigenvalue weighted by Gasteiger charge is 2.11. The maximum absolute atomic E-state index is 11.8. The number of rotatable bonds is 5. The molecule has 0 saturated carbocycles. The first-order valence-corrected chi connectivity index (χ1v) is 6.22. The molecule has 1 heterocycles. The summed E-state index contributed by atoms with van der Waals surface area (Å²) in [5.41, 5.74) is 0.594. The van der Waals surface area contributed by atoms with Crippen LogP contribution in [0.3, 0.4) is 0 Å². The maximum Gasteiger partial charge on any atom is 0.267 e. The van der Waals surface area contributed by atoms with Gasteiger partial charge in [0.05, 0.1) is 0 Å². The largest absolute Gasteiger partial charge is 0.359 e. The summed E-state index contributed by atoms with van der Waals surface area (Å²) in [6.07, 6.45) is 2.14. The lowest BCUT2D eigenvalue weighted by Crippen LogP contribution is -2.30. The topological polar surface area (TPSA) is 63.1 Å². The third kappa shape index (κ3) is 3.89. The highest BCUT2D eigenvalue weighted by molar-refractivity contribution is 9.10. The summed E-state index contributed by atoms with van der Waals surface area (Å²) < 4.78 is 2.72. The predicted octanol–water partition coefficient (Wildman–Crippen LogP) is 1.14. The third-order valence-corrected chi connectivity index (χ3v) is 2.79. The van der Waals surface area contributed by atoms with Gasteiger partial charge in [-0.1, -0.05) is 0 Å². The summed E-state index contributed by atoms with van der Waals surface area (Å²) in [5.74, 6) is -0.251. The zero-order valence-electron chi connectivity index (χ0n) is 9.92. The van der Waals surface area contributed by atoms with E-state index in [2.05, 4.69) is 26.6 Å². The number of aromatic nitrogens is 1. The first-order valence-electron chi connectivity index (χ1n) is 5.43. The van der Waals surface area contributed by atoms with Crippen molar-refractivity contribution in [2.45, 2.75) is 19.9 Å². The van der Waals surface area contributed by atoms with E-state index in [9.17, 15) is 9.59 Å². The van der Waals surface area contributed by atoms with Gasteiger partial charge in [0, 0.05) is 37.2 Å². The third-order valence-electron chi connectivity index (χ3n) is 2.35. The van der Waals surface area contributed by atoms with Gasteiger partial charge in [0.25, 0.3) is 5.91 Å². The number of aryl methyl sites for hydroxylation is 1. The second-order valence-corrected chi connectivity index (χ2v) is 4.42. The fourth-order valence-corrected chi connectivity index (χ4v) is 1.90. The van der Waals surface area contributed by atoms with Crippen LogP contribution in [0.25, 0.3) is 0 Å². The fourth-order valence-electron chi connectivity index (χ4n) is 1.43. The number of hydrogen-bond donors (Lipinski definition) is 2. The van der Waals surface area contributed by atoms with Crippen molar-refractivity contribution >= 4 is 27.7 Å². The van der Waals surface area contributed by atoms with Crippen LogP contribution in [0.2, 0.25) is 0 Å². The molecular formula is C11H16BrN3O2. The van der Waals surface area contributed by atoms with Crippen LogP contribution in [-0.4, -0.2) is 30.0 Å². The number of nitrogens with zero attached hydrogens (tertiary/aromatic N) is 1. The summed E-state index contributed by atoms with van der Waals surface area (Å²) in [6.45, 7) is 3.03. The lowest BCUT2D eigenvalue weighted by atomic mass is 10.3. The summed E-state index contributed by atoms with van der Waals surface area (Å²) in [4.78, 5) is 22.8. The Labute approximate surface area is 109 Å². The summed E-state index contributed by atoms with van der Waals surface area (Å²) >= 11 is 3.33. The Bertz CT molecular complexity index is 415. The van der Waals surface area contributed by atoms with Crippen LogP contribution < -0.4 is 10.6 Å². The van der Waals surface area contributed by atoms with Gasteiger partial charge in [-0.15, -0.1) is 0 Å². The molecule has 94 valence electrons. The molecule has 0 aliphatic rings. The number of amides is 2. The second kappa shape index (κ2) is 6.44. The minimum absolute atomic E-state index is 0.0858. The molecule has 0 aliphatic carbocycles. The van der Waals surface area contributed by atoms with Crippen molar-refractivity contribution in [2.24, 2.45) is 0 Å². The number of carbonyl (C=O) groups is 2. The van der Waals surface area contributed by atoms with Crippen LogP contribution in [0.4, 0.5) is 0 Å². The van der Waals surface area contributed by atoms with Gasteiger partial charge in [0.1, 0.15) is 5.69 Å². The SMILES string of the molecule is CCn1cc(Br)cc1C(=O)NCCC(=O)NC. The van der Waals surface area contributed by atoms with Gasteiger partial charge in [0.15, 0.2) is 0 Å². The van der Waals surface area contributed by atoms with E-state index in [4.69, 9.17) is 0 Å². The van der Waals surface area contributed by atoms with Crippen molar-refractivity contribution in [3.63, 3.8) is 0 Å². The minimum atomic E-state index is -0.165. The molecule has 0 fully saturated rings.